The van der Waals surface area contributed by atoms with Crippen LogP contribution in [0, 0.1) is 0 Å². The van der Waals surface area contributed by atoms with Crippen molar-refractivity contribution in [3.8, 4) is 22.9 Å². The van der Waals surface area contributed by atoms with Gasteiger partial charge in [-0.2, -0.15) is 0 Å². The number of nitrogens with one attached hydrogen (secondary N) is 1. The van der Waals surface area contributed by atoms with Gasteiger partial charge in [-0.3, -0.25) is 14.7 Å². The van der Waals surface area contributed by atoms with E-state index in [2.05, 4.69) is 14.9 Å². The van der Waals surface area contributed by atoms with Crippen molar-refractivity contribution in [2.75, 3.05) is 27.3 Å². The van der Waals surface area contributed by atoms with Crippen molar-refractivity contribution in [2.24, 2.45) is 0 Å². The van der Waals surface area contributed by atoms with Crippen LogP contribution in [0.5, 0.6) is 11.5 Å². The average molecular weight is 441 g/mol. The minimum Gasteiger partial charge on any atom is -0.493 e. The van der Waals surface area contributed by atoms with Crippen LogP contribution in [-0.2, 0) is 6.54 Å². The average Bonchev–Trinajstić information content (AvgIpc) is 2.79. The number of halogens is 1. The van der Waals surface area contributed by atoms with Gasteiger partial charge in [0.2, 0.25) is 0 Å². The van der Waals surface area contributed by atoms with Crippen molar-refractivity contribution < 1.29 is 9.47 Å². The number of hydrogen-bond donors (Lipinski definition) is 1. The quantitative estimate of drug-likeness (QED) is 0.626. The van der Waals surface area contributed by atoms with Crippen LogP contribution in [0.25, 0.3) is 11.4 Å². The molecule has 7 nitrogen and oxygen atoms in total. The summed E-state index contributed by atoms with van der Waals surface area (Å²) in [5.74, 6) is 2.18. The van der Waals surface area contributed by atoms with Crippen molar-refractivity contribution in [2.45, 2.75) is 25.3 Å². The minimum atomic E-state index is -0.130. The van der Waals surface area contributed by atoms with Crippen LogP contribution >= 0.6 is 11.6 Å². The maximum Gasteiger partial charge on any atom is 0.251 e. The highest BCUT2D eigenvalue weighted by atomic mass is 35.5. The number of ether oxygens (including phenoxy) is 2. The summed E-state index contributed by atoms with van der Waals surface area (Å²) in [6.07, 6.45) is 5.23. The van der Waals surface area contributed by atoms with Crippen molar-refractivity contribution in [1.82, 2.24) is 19.9 Å². The first-order valence-electron chi connectivity index (χ1n) is 10.2. The van der Waals surface area contributed by atoms with Gasteiger partial charge in [0.05, 0.1) is 19.9 Å². The molecule has 3 heterocycles. The Morgan fingerprint density at radius 1 is 1.13 bits per heavy atom. The number of methoxy groups -OCH3 is 2. The van der Waals surface area contributed by atoms with Gasteiger partial charge in [0.1, 0.15) is 5.82 Å². The van der Waals surface area contributed by atoms with Gasteiger partial charge in [-0.1, -0.05) is 11.6 Å². The highest BCUT2D eigenvalue weighted by Crippen LogP contribution is 2.36. The number of rotatable bonds is 6. The molecule has 8 heteroatoms. The molecule has 31 heavy (non-hydrogen) atoms. The van der Waals surface area contributed by atoms with E-state index < -0.39 is 0 Å². The minimum absolute atomic E-state index is 0.130. The third kappa shape index (κ3) is 4.89. The first-order valence-corrected chi connectivity index (χ1v) is 10.6. The molecule has 162 valence electrons. The van der Waals surface area contributed by atoms with Crippen molar-refractivity contribution in [3.05, 3.63) is 69.4 Å². The summed E-state index contributed by atoms with van der Waals surface area (Å²) < 4.78 is 11.0. The normalized spacial score (nSPS) is 15.1. The molecule has 1 saturated heterocycles. The summed E-state index contributed by atoms with van der Waals surface area (Å²) in [6, 6.07) is 8.99. The number of hydrogen-bond acceptors (Lipinski definition) is 6. The number of likely N-dealkylation sites (tertiary alicyclic amines) is 1. The molecule has 0 unspecified atom stereocenters. The van der Waals surface area contributed by atoms with Crippen LogP contribution < -0.4 is 15.0 Å². The molecule has 1 fully saturated rings. The largest absolute Gasteiger partial charge is 0.493 e. The molecular formula is C23H25ClN4O3. The number of piperidine rings is 1. The van der Waals surface area contributed by atoms with E-state index in [4.69, 9.17) is 26.1 Å². The van der Waals surface area contributed by atoms with Crippen molar-refractivity contribution in [3.63, 3.8) is 0 Å². The van der Waals surface area contributed by atoms with E-state index in [1.165, 1.54) is 0 Å². The fourth-order valence-electron chi connectivity index (χ4n) is 4.08. The number of nitrogens with zero attached hydrogens (tertiary/aromatic N) is 3. The third-order valence-electron chi connectivity index (χ3n) is 5.64. The Labute approximate surface area is 186 Å². The molecule has 1 aromatic carbocycles. The molecule has 0 bridgehead atoms. The standard InChI is InChI=1S/C23H25ClN4O3/c1-30-20-12-18(24)11-17(22(20)31-2)14-28-9-5-15(6-10-28)19-13-21(29)27-23(26-19)16-3-7-25-8-4-16/h3-4,7-8,11-13,15H,5-6,9-10,14H2,1-2H3,(H,26,27,29). The summed E-state index contributed by atoms with van der Waals surface area (Å²) in [7, 11) is 3.25. The van der Waals surface area contributed by atoms with Gasteiger partial charge in [0.25, 0.3) is 5.56 Å². The predicted octanol–water partition coefficient (Wildman–Crippen LogP) is 3.88. The molecule has 3 aromatic rings. The van der Waals surface area contributed by atoms with E-state index in [0.717, 1.165) is 49.3 Å². The zero-order valence-corrected chi connectivity index (χ0v) is 18.4. The van der Waals surface area contributed by atoms with E-state index in [1.807, 2.05) is 18.2 Å². The number of pyridine rings is 1. The maximum atomic E-state index is 12.2. The number of aromatic nitrogens is 3. The van der Waals surface area contributed by atoms with E-state index in [1.54, 1.807) is 38.7 Å². The molecule has 0 saturated carbocycles. The van der Waals surface area contributed by atoms with Gasteiger partial charge in [-0.15, -0.1) is 0 Å². The molecule has 0 radical (unpaired) electrons. The van der Waals surface area contributed by atoms with Gasteiger partial charge in [0.15, 0.2) is 11.5 Å². The molecule has 1 N–H and O–H groups in total. The lowest BCUT2D eigenvalue weighted by molar-refractivity contribution is 0.200. The van der Waals surface area contributed by atoms with E-state index in [0.29, 0.717) is 22.3 Å². The van der Waals surface area contributed by atoms with Crippen LogP contribution in [0.1, 0.15) is 30.0 Å². The van der Waals surface area contributed by atoms with Gasteiger partial charge in [-0.25, -0.2) is 4.98 Å². The Morgan fingerprint density at radius 3 is 2.55 bits per heavy atom. The summed E-state index contributed by atoms with van der Waals surface area (Å²) in [4.78, 5) is 26.2. The Balaban J connectivity index is 1.47. The Bertz CT molecular complexity index is 1100. The smallest absolute Gasteiger partial charge is 0.251 e. The first kappa shape index (κ1) is 21.3. The van der Waals surface area contributed by atoms with Gasteiger partial charge in [-0.05, 0) is 44.1 Å². The van der Waals surface area contributed by atoms with E-state index in [-0.39, 0.29) is 11.5 Å². The Hall–Kier alpha value is -2.90. The van der Waals surface area contributed by atoms with Gasteiger partial charge >= 0.3 is 0 Å². The lowest BCUT2D eigenvalue weighted by Crippen LogP contribution is -2.33. The summed E-state index contributed by atoms with van der Waals surface area (Å²) in [6.45, 7) is 2.50. The van der Waals surface area contributed by atoms with Crippen LogP contribution in [0.2, 0.25) is 5.02 Å². The molecular weight excluding hydrogens is 416 g/mol. The summed E-state index contributed by atoms with van der Waals surface area (Å²) in [5.41, 5.74) is 2.57. The lowest BCUT2D eigenvalue weighted by atomic mass is 9.93. The number of aromatic amines is 1. The van der Waals surface area contributed by atoms with Crippen molar-refractivity contribution >= 4 is 11.6 Å². The highest BCUT2D eigenvalue weighted by Gasteiger charge is 2.24. The fraction of sp³-hybridized carbons (Fsp3) is 0.348. The molecule has 2 aromatic heterocycles. The zero-order valence-electron chi connectivity index (χ0n) is 17.6. The summed E-state index contributed by atoms with van der Waals surface area (Å²) in [5, 5.41) is 0.624. The monoisotopic (exact) mass is 440 g/mol. The van der Waals surface area contributed by atoms with E-state index >= 15 is 0 Å². The molecule has 0 aliphatic carbocycles. The molecule has 4 rings (SSSR count). The maximum absolute atomic E-state index is 12.2. The van der Waals surface area contributed by atoms with Crippen molar-refractivity contribution in [1.29, 1.82) is 0 Å². The number of H-pyrrole nitrogens is 1. The Kier molecular flexibility index (Phi) is 6.53. The second kappa shape index (κ2) is 9.49. The van der Waals surface area contributed by atoms with Gasteiger partial charge in [0, 0.05) is 53.1 Å². The Morgan fingerprint density at radius 2 is 1.87 bits per heavy atom. The van der Waals surface area contributed by atoms with Crippen LogP contribution in [0.4, 0.5) is 0 Å². The first-order chi connectivity index (χ1) is 15.1. The lowest BCUT2D eigenvalue weighted by Gasteiger charge is -2.32. The highest BCUT2D eigenvalue weighted by molar-refractivity contribution is 6.30. The second-order valence-electron chi connectivity index (χ2n) is 7.61. The van der Waals surface area contributed by atoms with Crippen LogP contribution in [-0.4, -0.2) is 47.2 Å². The zero-order chi connectivity index (χ0) is 21.8. The fourth-order valence-corrected chi connectivity index (χ4v) is 4.31. The molecule has 0 amide bonds. The predicted molar refractivity (Wildman–Crippen MR) is 120 cm³/mol. The molecule has 0 atom stereocenters. The number of benzene rings is 1. The second-order valence-corrected chi connectivity index (χ2v) is 8.04. The molecule has 1 aliphatic heterocycles. The third-order valence-corrected chi connectivity index (χ3v) is 5.85. The topological polar surface area (TPSA) is 80.3 Å². The molecule has 0 spiro atoms. The van der Waals surface area contributed by atoms with Crippen LogP contribution in [0.15, 0.2) is 47.5 Å². The van der Waals surface area contributed by atoms with Crippen LogP contribution in [0.3, 0.4) is 0 Å². The summed E-state index contributed by atoms with van der Waals surface area (Å²) >= 11 is 6.26. The van der Waals surface area contributed by atoms with E-state index in [9.17, 15) is 4.79 Å². The molecule has 1 aliphatic rings. The SMILES string of the molecule is COc1cc(Cl)cc(CN2CCC(c3cc(=O)[nH]c(-c4ccncc4)n3)CC2)c1OC. The van der Waals surface area contributed by atoms with Gasteiger partial charge < -0.3 is 14.5 Å².